The maximum absolute atomic E-state index is 12.7. The maximum Gasteiger partial charge on any atom is 0.290 e. The summed E-state index contributed by atoms with van der Waals surface area (Å²) in [4.78, 5) is 21.1. The molecule has 4 rings (SSSR count). The van der Waals surface area contributed by atoms with Gasteiger partial charge in [0.15, 0.2) is 0 Å². The highest BCUT2D eigenvalue weighted by molar-refractivity contribution is 5.91. The second kappa shape index (κ2) is 7.04. The van der Waals surface area contributed by atoms with E-state index in [1.165, 1.54) is 0 Å². The summed E-state index contributed by atoms with van der Waals surface area (Å²) in [5, 5.41) is 10.9. The van der Waals surface area contributed by atoms with Crippen LogP contribution < -0.4 is 10.1 Å². The van der Waals surface area contributed by atoms with E-state index >= 15 is 0 Å². The summed E-state index contributed by atoms with van der Waals surface area (Å²) in [5.74, 6) is 0.749. The Morgan fingerprint density at radius 2 is 2.27 bits per heavy atom. The van der Waals surface area contributed by atoms with Gasteiger partial charge in [0.05, 0.1) is 12.6 Å². The van der Waals surface area contributed by atoms with E-state index in [1.807, 2.05) is 19.1 Å². The third-order valence-electron chi connectivity index (χ3n) is 4.15. The van der Waals surface area contributed by atoms with E-state index in [-0.39, 0.29) is 23.9 Å². The number of nitrogens with one attached hydrogen (secondary N) is 1. The van der Waals surface area contributed by atoms with Crippen LogP contribution in [0.15, 0.2) is 36.7 Å². The quantitative estimate of drug-likeness (QED) is 0.739. The molecule has 1 aliphatic rings. The van der Waals surface area contributed by atoms with Gasteiger partial charge in [-0.3, -0.25) is 9.20 Å². The van der Waals surface area contributed by atoms with Crippen molar-refractivity contribution in [3.05, 3.63) is 48.2 Å². The topological polar surface area (TPSA) is 104 Å². The van der Waals surface area contributed by atoms with E-state index in [9.17, 15) is 4.79 Å². The maximum atomic E-state index is 12.7. The van der Waals surface area contributed by atoms with Gasteiger partial charge >= 0.3 is 0 Å². The SMILES string of the molecule is Cc1ccn2c(C(=O)N[C@@H]3CCOC[C@H]3Oc3ccccn3)nnc2n1. The number of amides is 1. The van der Waals surface area contributed by atoms with Gasteiger partial charge in [-0.05, 0) is 25.5 Å². The van der Waals surface area contributed by atoms with Crippen LogP contribution >= 0.6 is 0 Å². The number of carbonyl (C=O) groups excluding carboxylic acids is 1. The van der Waals surface area contributed by atoms with Crippen LogP contribution in [0.4, 0.5) is 0 Å². The molecule has 0 aliphatic carbocycles. The van der Waals surface area contributed by atoms with Crippen molar-refractivity contribution in [1.29, 1.82) is 0 Å². The monoisotopic (exact) mass is 354 g/mol. The Hall–Kier alpha value is -3.07. The predicted molar refractivity (Wildman–Crippen MR) is 90.9 cm³/mol. The Labute approximate surface area is 149 Å². The lowest BCUT2D eigenvalue weighted by Crippen LogP contribution is -2.51. The standard InChI is InChI=1S/C17H18N6O3/c1-11-5-8-23-15(21-22-17(23)19-11)16(24)20-12-6-9-25-10-13(12)26-14-4-2-3-7-18-14/h2-5,7-8,12-13H,6,9-10H2,1H3,(H,20,24)/t12-,13-/m1/s1. The number of aromatic nitrogens is 5. The number of ether oxygens (including phenoxy) is 2. The van der Waals surface area contributed by atoms with Crippen molar-refractivity contribution in [3.8, 4) is 5.88 Å². The lowest BCUT2D eigenvalue weighted by molar-refractivity contribution is -0.0153. The zero-order valence-electron chi connectivity index (χ0n) is 14.2. The number of hydrogen-bond acceptors (Lipinski definition) is 7. The number of aryl methyl sites for hydroxylation is 1. The molecule has 0 spiro atoms. The van der Waals surface area contributed by atoms with Gasteiger partial charge in [-0.15, -0.1) is 10.2 Å². The van der Waals surface area contributed by atoms with Crippen LogP contribution in [0.2, 0.25) is 0 Å². The fraction of sp³-hybridized carbons (Fsp3) is 0.353. The van der Waals surface area contributed by atoms with Crippen molar-refractivity contribution in [2.75, 3.05) is 13.2 Å². The first-order chi connectivity index (χ1) is 12.7. The summed E-state index contributed by atoms with van der Waals surface area (Å²) >= 11 is 0. The van der Waals surface area contributed by atoms with Gasteiger partial charge in [-0.25, -0.2) is 9.97 Å². The average molecular weight is 354 g/mol. The van der Waals surface area contributed by atoms with Crippen molar-refractivity contribution in [1.82, 2.24) is 29.9 Å². The second-order valence-electron chi connectivity index (χ2n) is 6.03. The minimum Gasteiger partial charge on any atom is -0.470 e. The first kappa shape index (κ1) is 16.4. The minimum atomic E-state index is -0.331. The van der Waals surface area contributed by atoms with Crippen molar-refractivity contribution >= 4 is 11.7 Å². The molecule has 1 aliphatic heterocycles. The molecule has 0 saturated carbocycles. The van der Waals surface area contributed by atoms with Gasteiger partial charge in [-0.1, -0.05) is 6.07 Å². The third kappa shape index (κ3) is 3.33. The van der Waals surface area contributed by atoms with Crippen LogP contribution in [-0.4, -0.2) is 55.8 Å². The summed E-state index contributed by atoms with van der Waals surface area (Å²) in [7, 11) is 0. The molecule has 0 radical (unpaired) electrons. The Kier molecular flexibility index (Phi) is 4.44. The summed E-state index contributed by atoms with van der Waals surface area (Å²) in [6.07, 6.45) is 3.70. The summed E-state index contributed by atoms with van der Waals surface area (Å²) in [5.41, 5.74) is 0.810. The van der Waals surface area contributed by atoms with Crippen LogP contribution in [0, 0.1) is 6.92 Å². The average Bonchev–Trinajstić information content (AvgIpc) is 3.07. The van der Waals surface area contributed by atoms with Crippen LogP contribution in [0.5, 0.6) is 5.88 Å². The number of pyridine rings is 1. The van der Waals surface area contributed by atoms with Gasteiger partial charge in [-0.2, -0.15) is 0 Å². The van der Waals surface area contributed by atoms with Gasteiger partial charge in [0.2, 0.25) is 11.7 Å². The van der Waals surface area contributed by atoms with Crippen LogP contribution in [0.1, 0.15) is 22.7 Å². The molecule has 1 fully saturated rings. The molecule has 3 aromatic heterocycles. The summed E-state index contributed by atoms with van der Waals surface area (Å²) in [6.45, 7) is 2.78. The molecule has 9 heteroatoms. The van der Waals surface area contributed by atoms with Crippen LogP contribution in [0.25, 0.3) is 5.78 Å². The number of rotatable bonds is 4. The third-order valence-corrected chi connectivity index (χ3v) is 4.15. The fourth-order valence-corrected chi connectivity index (χ4v) is 2.83. The Bertz CT molecular complexity index is 913. The number of nitrogens with zero attached hydrogens (tertiary/aromatic N) is 5. The predicted octanol–water partition coefficient (Wildman–Crippen LogP) is 0.794. The molecule has 26 heavy (non-hydrogen) atoms. The molecule has 0 bridgehead atoms. The fourth-order valence-electron chi connectivity index (χ4n) is 2.83. The molecule has 134 valence electrons. The van der Waals surface area contributed by atoms with E-state index in [2.05, 4.69) is 25.5 Å². The zero-order valence-corrected chi connectivity index (χ0v) is 14.2. The molecule has 0 unspecified atom stereocenters. The normalized spacial score (nSPS) is 20.0. The van der Waals surface area contributed by atoms with Crippen LogP contribution in [0.3, 0.4) is 0 Å². The minimum absolute atomic E-state index is 0.190. The van der Waals surface area contributed by atoms with Crippen molar-refractivity contribution in [3.63, 3.8) is 0 Å². The van der Waals surface area contributed by atoms with E-state index in [4.69, 9.17) is 9.47 Å². The van der Waals surface area contributed by atoms with E-state index in [0.717, 1.165) is 5.69 Å². The summed E-state index contributed by atoms with van der Waals surface area (Å²) < 4.78 is 12.9. The first-order valence-electron chi connectivity index (χ1n) is 8.35. The van der Waals surface area contributed by atoms with Gasteiger partial charge in [0, 0.05) is 30.8 Å². The molecule has 4 heterocycles. The Morgan fingerprint density at radius 3 is 3.12 bits per heavy atom. The van der Waals surface area contributed by atoms with Crippen molar-refractivity contribution in [2.45, 2.75) is 25.5 Å². The lowest BCUT2D eigenvalue weighted by Gasteiger charge is -2.31. The van der Waals surface area contributed by atoms with E-state index in [0.29, 0.717) is 31.3 Å². The van der Waals surface area contributed by atoms with Crippen LogP contribution in [-0.2, 0) is 4.74 Å². The number of hydrogen-bond donors (Lipinski definition) is 1. The first-order valence-corrected chi connectivity index (χ1v) is 8.35. The van der Waals surface area contributed by atoms with Gasteiger partial charge in [0.25, 0.3) is 11.7 Å². The summed E-state index contributed by atoms with van der Waals surface area (Å²) in [6, 6.07) is 7.01. The molecule has 0 aromatic carbocycles. The van der Waals surface area contributed by atoms with E-state index in [1.54, 1.807) is 28.9 Å². The largest absolute Gasteiger partial charge is 0.470 e. The molecule has 2 atom stereocenters. The highest BCUT2D eigenvalue weighted by Gasteiger charge is 2.30. The molecule has 1 amide bonds. The van der Waals surface area contributed by atoms with E-state index < -0.39 is 0 Å². The second-order valence-corrected chi connectivity index (χ2v) is 6.03. The molecular weight excluding hydrogens is 336 g/mol. The highest BCUT2D eigenvalue weighted by atomic mass is 16.5. The number of fused-ring (bicyclic) bond motifs is 1. The van der Waals surface area contributed by atoms with Gasteiger partial charge < -0.3 is 14.8 Å². The van der Waals surface area contributed by atoms with Crippen molar-refractivity contribution < 1.29 is 14.3 Å². The Balaban J connectivity index is 1.51. The zero-order chi connectivity index (χ0) is 17.9. The smallest absolute Gasteiger partial charge is 0.290 e. The molecule has 1 saturated heterocycles. The van der Waals surface area contributed by atoms with Crippen molar-refractivity contribution in [2.24, 2.45) is 0 Å². The Morgan fingerprint density at radius 1 is 1.35 bits per heavy atom. The molecule has 9 nitrogen and oxygen atoms in total. The highest BCUT2D eigenvalue weighted by Crippen LogP contribution is 2.16. The molecular formula is C17H18N6O3. The number of carbonyl (C=O) groups is 1. The molecule has 1 N–H and O–H groups in total. The van der Waals surface area contributed by atoms with Gasteiger partial charge in [0.1, 0.15) is 6.10 Å². The molecule has 3 aromatic rings. The lowest BCUT2D eigenvalue weighted by atomic mass is 10.1.